The number of aryl methyl sites for hydroxylation is 4. The van der Waals surface area contributed by atoms with Gasteiger partial charge in [0.05, 0.1) is 6.42 Å². The molecule has 3 aromatic rings. The molecule has 2 aromatic heterocycles. The number of fused-ring (bicyclic) bond motifs is 1. The maximum absolute atomic E-state index is 12.4. The number of nitrogens with one attached hydrogen (secondary N) is 3. The quantitative estimate of drug-likeness (QED) is 0.459. The van der Waals surface area contributed by atoms with E-state index in [1.807, 2.05) is 32.9 Å². The Labute approximate surface area is 168 Å². The van der Waals surface area contributed by atoms with Gasteiger partial charge in [-0.3, -0.25) is 15.6 Å². The standard InChI is InChI=1S/C19H23N7OS/c1-5-14-8-6-7-11(2)17(14)23-19(28)25-24-16(27)9-15-12(3)22-18-20-10-21-26(18)13(15)4/h6-8,10H,5,9H2,1-4H3,(H,24,27)(H2,23,25,28). The molecule has 0 spiro atoms. The number of hydrogen-bond acceptors (Lipinski definition) is 5. The Hall–Kier alpha value is -3.07. The van der Waals surface area contributed by atoms with Gasteiger partial charge in [-0.15, -0.1) is 0 Å². The molecule has 146 valence electrons. The molecule has 0 atom stereocenters. The molecule has 3 rings (SSSR count). The van der Waals surface area contributed by atoms with E-state index in [0.29, 0.717) is 10.9 Å². The van der Waals surface area contributed by atoms with Crippen LogP contribution in [0.5, 0.6) is 0 Å². The number of thiocarbonyl (C=S) groups is 1. The molecular formula is C19H23N7OS. The van der Waals surface area contributed by atoms with Gasteiger partial charge >= 0.3 is 0 Å². The van der Waals surface area contributed by atoms with Crippen LogP contribution in [0.1, 0.15) is 35.0 Å². The number of rotatable bonds is 4. The number of benzene rings is 1. The molecule has 0 aliphatic carbocycles. The highest BCUT2D eigenvalue weighted by molar-refractivity contribution is 7.80. The molecule has 0 bridgehead atoms. The third-order valence-corrected chi connectivity index (χ3v) is 4.82. The lowest BCUT2D eigenvalue weighted by Crippen LogP contribution is -2.44. The molecule has 28 heavy (non-hydrogen) atoms. The van der Waals surface area contributed by atoms with Crippen LogP contribution in [0.25, 0.3) is 5.78 Å². The summed E-state index contributed by atoms with van der Waals surface area (Å²) >= 11 is 5.32. The average Bonchev–Trinajstić information content (AvgIpc) is 3.13. The van der Waals surface area contributed by atoms with Crippen LogP contribution in [-0.4, -0.2) is 30.6 Å². The first-order chi connectivity index (χ1) is 13.4. The highest BCUT2D eigenvalue weighted by Crippen LogP contribution is 2.20. The van der Waals surface area contributed by atoms with Crippen molar-refractivity contribution in [2.24, 2.45) is 0 Å². The summed E-state index contributed by atoms with van der Waals surface area (Å²) in [7, 11) is 0. The number of hydrazine groups is 1. The molecule has 9 heteroatoms. The fourth-order valence-corrected chi connectivity index (χ4v) is 3.24. The van der Waals surface area contributed by atoms with Crippen molar-refractivity contribution in [3.63, 3.8) is 0 Å². The van der Waals surface area contributed by atoms with Crippen molar-refractivity contribution in [3.05, 3.63) is 52.6 Å². The molecule has 3 N–H and O–H groups in total. The van der Waals surface area contributed by atoms with Gasteiger partial charge in [-0.2, -0.15) is 10.1 Å². The van der Waals surface area contributed by atoms with Gasteiger partial charge in [0.1, 0.15) is 6.33 Å². The van der Waals surface area contributed by atoms with Crippen LogP contribution in [0.4, 0.5) is 5.69 Å². The Kier molecular flexibility index (Phi) is 5.84. The average molecular weight is 398 g/mol. The SMILES string of the molecule is CCc1cccc(C)c1NC(=S)NNC(=O)Cc1c(C)nc2ncnn2c1C. The second-order valence-electron chi connectivity index (χ2n) is 6.50. The highest BCUT2D eigenvalue weighted by Gasteiger charge is 2.14. The number of carbonyl (C=O) groups is 1. The van der Waals surface area contributed by atoms with E-state index in [-0.39, 0.29) is 12.3 Å². The van der Waals surface area contributed by atoms with Crippen LogP contribution >= 0.6 is 12.2 Å². The Morgan fingerprint density at radius 2 is 2.00 bits per heavy atom. The maximum atomic E-state index is 12.4. The first kappa shape index (κ1) is 19.7. The van der Waals surface area contributed by atoms with E-state index >= 15 is 0 Å². The minimum atomic E-state index is -0.225. The summed E-state index contributed by atoms with van der Waals surface area (Å²) in [5, 5.41) is 7.63. The number of carbonyl (C=O) groups excluding carboxylic acids is 1. The van der Waals surface area contributed by atoms with Gasteiger partial charge in [-0.05, 0) is 50.5 Å². The minimum absolute atomic E-state index is 0.153. The molecule has 0 radical (unpaired) electrons. The van der Waals surface area contributed by atoms with Crippen molar-refractivity contribution in [2.75, 3.05) is 5.32 Å². The van der Waals surface area contributed by atoms with Crippen molar-refractivity contribution < 1.29 is 4.79 Å². The van der Waals surface area contributed by atoms with Crippen molar-refractivity contribution in [1.82, 2.24) is 30.4 Å². The molecule has 0 unspecified atom stereocenters. The summed E-state index contributed by atoms with van der Waals surface area (Å²) in [6.07, 6.45) is 2.48. The van der Waals surface area contributed by atoms with Crippen molar-refractivity contribution >= 4 is 34.7 Å². The summed E-state index contributed by atoms with van der Waals surface area (Å²) in [6, 6.07) is 6.08. The molecule has 0 aliphatic heterocycles. The number of anilines is 1. The van der Waals surface area contributed by atoms with Gasteiger partial charge in [0, 0.05) is 22.6 Å². The smallest absolute Gasteiger partial charge is 0.252 e. The van der Waals surface area contributed by atoms with Gasteiger partial charge in [0.25, 0.3) is 5.78 Å². The molecule has 8 nitrogen and oxygen atoms in total. The number of amides is 1. The molecule has 0 aliphatic rings. The summed E-state index contributed by atoms with van der Waals surface area (Å²) in [6.45, 7) is 7.85. The third kappa shape index (κ3) is 4.09. The minimum Gasteiger partial charge on any atom is -0.331 e. The summed E-state index contributed by atoms with van der Waals surface area (Å²) < 4.78 is 1.62. The van der Waals surface area contributed by atoms with E-state index in [9.17, 15) is 4.79 Å². The van der Waals surface area contributed by atoms with Crippen LogP contribution in [0.15, 0.2) is 24.5 Å². The van der Waals surface area contributed by atoms with Gasteiger partial charge in [0.2, 0.25) is 5.91 Å². The van der Waals surface area contributed by atoms with Crippen molar-refractivity contribution in [3.8, 4) is 0 Å². The monoisotopic (exact) mass is 397 g/mol. The van der Waals surface area contributed by atoms with Crippen LogP contribution in [0, 0.1) is 20.8 Å². The Balaban J connectivity index is 1.63. The van der Waals surface area contributed by atoms with Gasteiger partial charge < -0.3 is 5.32 Å². The van der Waals surface area contributed by atoms with E-state index in [1.54, 1.807) is 4.52 Å². The zero-order chi connectivity index (χ0) is 20.3. The lowest BCUT2D eigenvalue weighted by molar-refractivity contribution is -0.121. The van der Waals surface area contributed by atoms with E-state index < -0.39 is 0 Å². The Morgan fingerprint density at radius 1 is 1.21 bits per heavy atom. The normalized spacial score (nSPS) is 10.7. The zero-order valence-electron chi connectivity index (χ0n) is 16.3. The predicted octanol–water partition coefficient (Wildman–Crippen LogP) is 2.17. The van der Waals surface area contributed by atoms with Crippen molar-refractivity contribution in [2.45, 2.75) is 40.5 Å². The van der Waals surface area contributed by atoms with E-state index in [4.69, 9.17) is 12.2 Å². The Morgan fingerprint density at radius 3 is 2.75 bits per heavy atom. The van der Waals surface area contributed by atoms with Crippen molar-refractivity contribution in [1.29, 1.82) is 0 Å². The van der Waals surface area contributed by atoms with Gasteiger partial charge in [0.15, 0.2) is 5.11 Å². The molecule has 0 fully saturated rings. The lowest BCUT2D eigenvalue weighted by Gasteiger charge is -2.16. The van der Waals surface area contributed by atoms with E-state index in [1.165, 1.54) is 6.33 Å². The summed E-state index contributed by atoms with van der Waals surface area (Å²) in [4.78, 5) is 20.9. The summed E-state index contributed by atoms with van der Waals surface area (Å²) in [5.74, 6) is 0.296. The van der Waals surface area contributed by atoms with Crippen LogP contribution in [-0.2, 0) is 17.6 Å². The first-order valence-electron chi connectivity index (χ1n) is 9.00. The molecule has 2 heterocycles. The number of hydrogen-bond donors (Lipinski definition) is 3. The largest absolute Gasteiger partial charge is 0.331 e. The zero-order valence-corrected chi connectivity index (χ0v) is 17.1. The lowest BCUT2D eigenvalue weighted by atomic mass is 10.1. The number of para-hydroxylation sites is 1. The molecule has 1 amide bonds. The molecule has 0 saturated carbocycles. The van der Waals surface area contributed by atoms with Gasteiger partial charge in [-0.1, -0.05) is 25.1 Å². The maximum Gasteiger partial charge on any atom is 0.252 e. The fraction of sp³-hybridized carbons (Fsp3) is 0.316. The van der Waals surface area contributed by atoms with E-state index in [0.717, 1.165) is 40.2 Å². The molecular weight excluding hydrogens is 374 g/mol. The number of aromatic nitrogens is 4. The second-order valence-corrected chi connectivity index (χ2v) is 6.91. The van der Waals surface area contributed by atoms with Gasteiger partial charge in [-0.25, -0.2) is 9.50 Å². The third-order valence-electron chi connectivity index (χ3n) is 4.62. The second kappa shape index (κ2) is 8.30. The molecule has 0 saturated heterocycles. The first-order valence-corrected chi connectivity index (χ1v) is 9.41. The van der Waals surface area contributed by atoms with E-state index in [2.05, 4.69) is 44.2 Å². The number of nitrogens with zero attached hydrogens (tertiary/aromatic N) is 4. The van der Waals surface area contributed by atoms with Crippen LogP contribution in [0.3, 0.4) is 0 Å². The fourth-order valence-electron chi connectivity index (χ4n) is 3.09. The van der Waals surface area contributed by atoms with Crippen LogP contribution in [0.2, 0.25) is 0 Å². The topological polar surface area (TPSA) is 96.2 Å². The predicted molar refractivity (Wildman–Crippen MR) is 112 cm³/mol. The molecule has 1 aromatic carbocycles. The Bertz CT molecular complexity index is 1040. The summed E-state index contributed by atoms with van der Waals surface area (Å²) in [5.41, 5.74) is 11.0. The highest BCUT2D eigenvalue weighted by atomic mass is 32.1. The van der Waals surface area contributed by atoms with Crippen LogP contribution < -0.4 is 16.2 Å².